The van der Waals surface area contributed by atoms with Crippen molar-refractivity contribution in [2.45, 2.75) is 71.9 Å². The van der Waals surface area contributed by atoms with Crippen molar-refractivity contribution in [3.63, 3.8) is 0 Å². The highest BCUT2D eigenvalue weighted by atomic mass is 16.2. The van der Waals surface area contributed by atoms with Crippen LogP contribution < -0.4 is 0 Å². The van der Waals surface area contributed by atoms with Gasteiger partial charge in [-0.3, -0.25) is 4.79 Å². The van der Waals surface area contributed by atoms with Crippen LogP contribution in [-0.4, -0.2) is 16.8 Å². The molecule has 1 aliphatic rings. The fraction of sp³-hybridized carbons (Fsp3) is 0.611. The molecule has 0 radical (unpaired) electrons. The van der Waals surface area contributed by atoms with E-state index in [4.69, 9.17) is 0 Å². The molecule has 1 heterocycles. The van der Waals surface area contributed by atoms with Crippen LogP contribution in [0.4, 0.5) is 0 Å². The molecule has 2 nitrogen and oxygen atoms in total. The fourth-order valence-electron chi connectivity index (χ4n) is 3.38. The smallest absolute Gasteiger partial charge is 0.227 e. The average Bonchev–Trinajstić information content (AvgIpc) is 2.36. The number of benzene rings is 1. The van der Waals surface area contributed by atoms with E-state index in [0.29, 0.717) is 6.42 Å². The first kappa shape index (κ1) is 15.1. The van der Waals surface area contributed by atoms with Crippen LogP contribution in [-0.2, 0) is 23.2 Å². The van der Waals surface area contributed by atoms with Crippen LogP contribution in [0.5, 0.6) is 0 Å². The van der Waals surface area contributed by atoms with Crippen LogP contribution in [0.3, 0.4) is 0 Å². The molecule has 0 saturated carbocycles. The monoisotopic (exact) mass is 273 g/mol. The first-order valence-electron chi connectivity index (χ1n) is 7.77. The first-order chi connectivity index (χ1) is 9.36. The highest BCUT2D eigenvalue weighted by Gasteiger charge is 2.30. The lowest BCUT2D eigenvalue weighted by Gasteiger charge is -2.36. The standard InChI is InChI=1S/C18H27NO/c1-6-10-18(4,5)16-9-7-8-14-12-19(13(2)3)17(20)11-15(14)16/h7-9,13H,6,10-12H2,1-5H3. The zero-order valence-corrected chi connectivity index (χ0v) is 13.5. The summed E-state index contributed by atoms with van der Waals surface area (Å²) in [6, 6.07) is 6.83. The average molecular weight is 273 g/mol. The highest BCUT2D eigenvalue weighted by Crippen LogP contribution is 2.35. The van der Waals surface area contributed by atoms with E-state index in [1.807, 2.05) is 4.90 Å². The number of nitrogens with zero attached hydrogens (tertiary/aromatic N) is 1. The molecule has 1 amide bonds. The third-order valence-electron chi connectivity index (χ3n) is 4.49. The molecule has 0 saturated heterocycles. The van der Waals surface area contributed by atoms with Crippen molar-refractivity contribution in [3.8, 4) is 0 Å². The molecule has 110 valence electrons. The summed E-state index contributed by atoms with van der Waals surface area (Å²) < 4.78 is 0. The SMILES string of the molecule is CCCC(C)(C)c1cccc2c1CC(=O)N(C(C)C)C2. The number of carbonyl (C=O) groups excluding carboxylic acids is 1. The number of fused-ring (bicyclic) bond motifs is 1. The molecule has 20 heavy (non-hydrogen) atoms. The van der Waals surface area contributed by atoms with Gasteiger partial charge in [0.2, 0.25) is 5.91 Å². The summed E-state index contributed by atoms with van der Waals surface area (Å²) in [5.74, 6) is 0.271. The van der Waals surface area contributed by atoms with Gasteiger partial charge in [0, 0.05) is 12.6 Å². The van der Waals surface area contributed by atoms with E-state index in [9.17, 15) is 4.79 Å². The van der Waals surface area contributed by atoms with Crippen molar-refractivity contribution < 1.29 is 4.79 Å². The zero-order chi connectivity index (χ0) is 14.9. The summed E-state index contributed by atoms with van der Waals surface area (Å²) >= 11 is 0. The topological polar surface area (TPSA) is 20.3 Å². The van der Waals surface area contributed by atoms with Gasteiger partial charge in [-0.1, -0.05) is 45.4 Å². The van der Waals surface area contributed by atoms with Crippen LogP contribution in [0.1, 0.15) is 64.2 Å². The van der Waals surface area contributed by atoms with Gasteiger partial charge >= 0.3 is 0 Å². The van der Waals surface area contributed by atoms with Gasteiger partial charge < -0.3 is 4.90 Å². The molecule has 2 rings (SSSR count). The Bertz CT molecular complexity index is 502. The van der Waals surface area contributed by atoms with Crippen molar-refractivity contribution in [1.29, 1.82) is 0 Å². The number of rotatable bonds is 4. The summed E-state index contributed by atoms with van der Waals surface area (Å²) in [6.45, 7) is 11.8. The second-order valence-electron chi connectivity index (χ2n) is 6.87. The second-order valence-corrected chi connectivity index (χ2v) is 6.87. The summed E-state index contributed by atoms with van der Waals surface area (Å²) in [6.07, 6.45) is 2.89. The van der Waals surface area contributed by atoms with Crippen molar-refractivity contribution >= 4 is 5.91 Å². The maximum atomic E-state index is 12.4. The lowest BCUT2D eigenvalue weighted by molar-refractivity contribution is -0.133. The van der Waals surface area contributed by atoms with Crippen LogP contribution in [0.2, 0.25) is 0 Å². The van der Waals surface area contributed by atoms with Crippen molar-refractivity contribution in [2.75, 3.05) is 0 Å². The molecule has 1 aliphatic heterocycles. The van der Waals surface area contributed by atoms with Gasteiger partial charge in [-0.2, -0.15) is 0 Å². The fourth-order valence-corrected chi connectivity index (χ4v) is 3.38. The number of hydrogen-bond donors (Lipinski definition) is 0. The molecule has 2 heteroatoms. The van der Waals surface area contributed by atoms with Crippen LogP contribution in [0.25, 0.3) is 0 Å². The Balaban J connectivity index is 2.42. The van der Waals surface area contributed by atoms with E-state index in [0.717, 1.165) is 13.0 Å². The van der Waals surface area contributed by atoms with Crippen molar-refractivity contribution in [2.24, 2.45) is 0 Å². The van der Waals surface area contributed by atoms with Gasteiger partial charge in [-0.25, -0.2) is 0 Å². The van der Waals surface area contributed by atoms with Crippen LogP contribution in [0, 0.1) is 0 Å². The Kier molecular flexibility index (Phi) is 4.22. The second kappa shape index (κ2) is 5.59. The van der Waals surface area contributed by atoms with E-state index < -0.39 is 0 Å². The summed E-state index contributed by atoms with van der Waals surface area (Å²) in [5.41, 5.74) is 4.14. The Morgan fingerprint density at radius 2 is 2.00 bits per heavy atom. The molecule has 0 atom stereocenters. The Labute approximate surface area is 123 Å². The zero-order valence-electron chi connectivity index (χ0n) is 13.5. The molecule has 0 unspecified atom stereocenters. The molecule has 0 bridgehead atoms. The molecule has 0 aliphatic carbocycles. The van der Waals surface area contributed by atoms with E-state index in [1.54, 1.807) is 0 Å². The molecule has 1 aromatic carbocycles. The third-order valence-corrected chi connectivity index (χ3v) is 4.49. The summed E-state index contributed by atoms with van der Waals surface area (Å²) in [7, 11) is 0. The minimum Gasteiger partial charge on any atom is -0.336 e. The van der Waals surface area contributed by atoms with Crippen molar-refractivity contribution in [1.82, 2.24) is 4.90 Å². The van der Waals surface area contributed by atoms with Gasteiger partial charge in [0.05, 0.1) is 6.42 Å². The van der Waals surface area contributed by atoms with Gasteiger partial charge in [-0.15, -0.1) is 0 Å². The predicted octanol–water partition coefficient (Wildman–Crippen LogP) is 4.06. The minimum absolute atomic E-state index is 0.153. The highest BCUT2D eigenvalue weighted by molar-refractivity contribution is 5.81. The van der Waals surface area contributed by atoms with Gasteiger partial charge in [-0.05, 0) is 42.4 Å². The maximum Gasteiger partial charge on any atom is 0.227 e. The molecule has 0 fully saturated rings. The largest absolute Gasteiger partial charge is 0.336 e. The Morgan fingerprint density at radius 1 is 1.30 bits per heavy atom. The Hall–Kier alpha value is -1.31. The third kappa shape index (κ3) is 2.74. The van der Waals surface area contributed by atoms with Crippen LogP contribution in [0.15, 0.2) is 18.2 Å². The van der Waals surface area contributed by atoms with Gasteiger partial charge in [0.15, 0.2) is 0 Å². The van der Waals surface area contributed by atoms with Crippen LogP contribution >= 0.6 is 0 Å². The number of amides is 1. The lowest BCUT2D eigenvalue weighted by atomic mass is 9.76. The molecule has 1 aromatic rings. The summed E-state index contributed by atoms with van der Waals surface area (Å²) in [4.78, 5) is 14.3. The van der Waals surface area contributed by atoms with E-state index >= 15 is 0 Å². The molecule has 0 aromatic heterocycles. The summed E-state index contributed by atoms with van der Waals surface area (Å²) in [5, 5.41) is 0. The minimum atomic E-state index is 0.153. The molecular weight excluding hydrogens is 246 g/mol. The normalized spacial score (nSPS) is 15.7. The molecule has 0 spiro atoms. The molecular formula is C18H27NO. The molecule has 0 N–H and O–H groups in total. The first-order valence-corrected chi connectivity index (χ1v) is 7.77. The predicted molar refractivity (Wildman–Crippen MR) is 83.8 cm³/mol. The number of hydrogen-bond acceptors (Lipinski definition) is 1. The lowest BCUT2D eigenvalue weighted by Crippen LogP contribution is -2.41. The van der Waals surface area contributed by atoms with Crippen molar-refractivity contribution in [3.05, 3.63) is 34.9 Å². The van der Waals surface area contributed by atoms with Gasteiger partial charge in [0.1, 0.15) is 0 Å². The van der Waals surface area contributed by atoms with Gasteiger partial charge in [0.25, 0.3) is 0 Å². The Morgan fingerprint density at radius 3 is 2.60 bits per heavy atom. The van der Waals surface area contributed by atoms with E-state index in [-0.39, 0.29) is 17.4 Å². The van der Waals surface area contributed by atoms with E-state index in [1.165, 1.54) is 23.1 Å². The quantitative estimate of drug-likeness (QED) is 0.810. The maximum absolute atomic E-state index is 12.4. The van der Waals surface area contributed by atoms with E-state index in [2.05, 4.69) is 52.8 Å². The number of carbonyl (C=O) groups is 1.